The van der Waals surface area contributed by atoms with E-state index in [0.717, 1.165) is 11.0 Å². The molecular formula is C10H15N3. The molecule has 2 aromatic rings. The zero-order chi connectivity index (χ0) is 8.55. The smallest absolute Gasteiger partial charge is 0.113 e. The first-order valence-electron chi connectivity index (χ1n) is 4.09. The predicted octanol–water partition coefficient (Wildman–Crippen LogP) is 2.65. The van der Waals surface area contributed by atoms with Crippen molar-refractivity contribution < 1.29 is 0 Å². The SMILES string of the molecule is C.CC(C)n1nnc2ccccc21. The highest BCUT2D eigenvalue weighted by atomic mass is 15.4. The van der Waals surface area contributed by atoms with Gasteiger partial charge in [-0.1, -0.05) is 24.8 Å². The van der Waals surface area contributed by atoms with Crippen LogP contribution in [0.15, 0.2) is 24.3 Å². The van der Waals surface area contributed by atoms with Gasteiger partial charge < -0.3 is 0 Å². The molecule has 0 spiro atoms. The number of nitrogens with zero attached hydrogens (tertiary/aromatic N) is 3. The summed E-state index contributed by atoms with van der Waals surface area (Å²) in [7, 11) is 0. The van der Waals surface area contributed by atoms with Gasteiger partial charge in [-0.2, -0.15) is 0 Å². The van der Waals surface area contributed by atoms with Crippen molar-refractivity contribution in [2.75, 3.05) is 0 Å². The summed E-state index contributed by atoms with van der Waals surface area (Å²) in [6, 6.07) is 8.36. The van der Waals surface area contributed by atoms with E-state index in [2.05, 4.69) is 24.2 Å². The maximum Gasteiger partial charge on any atom is 0.113 e. The number of rotatable bonds is 1. The van der Waals surface area contributed by atoms with Gasteiger partial charge in [-0.3, -0.25) is 0 Å². The minimum absolute atomic E-state index is 0. The molecule has 0 N–H and O–H groups in total. The molecule has 0 saturated heterocycles. The summed E-state index contributed by atoms with van der Waals surface area (Å²) in [5.74, 6) is 0. The maximum absolute atomic E-state index is 4.06. The van der Waals surface area contributed by atoms with Crippen LogP contribution in [0, 0.1) is 0 Å². The fraction of sp³-hybridized carbons (Fsp3) is 0.400. The fourth-order valence-electron chi connectivity index (χ4n) is 1.27. The monoisotopic (exact) mass is 177 g/mol. The first kappa shape index (κ1) is 9.71. The summed E-state index contributed by atoms with van der Waals surface area (Å²) in [4.78, 5) is 0. The van der Waals surface area contributed by atoms with Gasteiger partial charge in [0.25, 0.3) is 0 Å². The van der Waals surface area contributed by atoms with Crippen molar-refractivity contribution in [2.45, 2.75) is 27.3 Å². The lowest BCUT2D eigenvalue weighted by atomic mass is 10.3. The Balaban J connectivity index is 0.000000845. The highest BCUT2D eigenvalue weighted by Gasteiger charge is 2.04. The molecule has 0 amide bonds. The third-order valence-corrected chi connectivity index (χ3v) is 1.87. The molecule has 70 valence electrons. The summed E-state index contributed by atoms with van der Waals surface area (Å²) in [5, 5.41) is 8.11. The highest BCUT2D eigenvalue weighted by molar-refractivity contribution is 5.73. The molecule has 1 aromatic carbocycles. The summed E-state index contributed by atoms with van der Waals surface area (Å²) < 4.78 is 1.93. The average Bonchev–Trinajstić information content (AvgIpc) is 2.47. The Labute approximate surface area is 78.4 Å². The van der Waals surface area contributed by atoms with Crippen molar-refractivity contribution in [3.63, 3.8) is 0 Å². The lowest BCUT2D eigenvalue weighted by Gasteiger charge is -2.03. The van der Waals surface area contributed by atoms with E-state index in [-0.39, 0.29) is 7.43 Å². The standard InChI is InChI=1S/C9H11N3.CH4/c1-7(2)12-9-6-4-3-5-8(9)10-11-12;/h3-7H,1-2H3;1H4. The van der Waals surface area contributed by atoms with Gasteiger partial charge in [0.2, 0.25) is 0 Å². The molecule has 0 unspecified atom stereocenters. The van der Waals surface area contributed by atoms with Crippen LogP contribution in [0.3, 0.4) is 0 Å². The second-order valence-corrected chi connectivity index (χ2v) is 3.12. The molecule has 3 heteroatoms. The fourth-order valence-corrected chi connectivity index (χ4v) is 1.27. The van der Waals surface area contributed by atoms with E-state index in [1.165, 1.54) is 0 Å². The van der Waals surface area contributed by atoms with E-state index in [4.69, 9.17) is 0 Å². The van der Waals surface area contributed by atoms with Crippen molar-refractivity contribution in [3.8, 4) is 0 Å². The first-order chi connectivity index (χ1) is 5.79. The molecule has 0 aliphatic rings. The normalized spacial score (nSPS) is 10.4. The minimum Gasteiger partial charge on any atom is -0.242 e. The number of benzene rings is 1. The van der Waals surface area contributed by atoms with Gasteiger partial charge in [-0.25, -0.2) is 4.68 Å². The first-order valence-corrected chi connectivity index (χ1v) is 4.09. The molecule has 0 aliphatic carbocycles. The summed E-state index contributed by atoms with van der Waals surface area (Å²) in [6.07, 6.45) is 0. The molecular weight excluding hydrogens is 162 g/mol. The lowest BCUT2D eigenvalue weighted by Crippen LogP contribution is -2.02. The molecule has 0 saturated carbocycles. The maximum atomic E-state index is 4.06. The number of fused-ring (bicyclic) bond motifs is 1. The Morgan fingerprint density at radius 1 is 1.23 bits per heavy atom. The van der Waals surface area contributed by atoms with Crippen LogP contribution in [0.5, 0.6) is 0 Å². The van der Waals surface area contributed by atoms with Gasteiger partial charge in [0, 0.05) is 6.04 Å². The molecule has 2 rings (SSSR count). The van der Waals surface area contributed by atoms with Gasteiger partial charge >= 0.3 is 0 Å². The zero-order valence-electron chi connectivity index (χ0n) is 7.23. The van der Waals surface area contributed by atoms with Crippen LogP contribution < -0.4 is 0 Å². The van der Waals surface area contributed by atoms with Crippen LogP contribution in [0.25, 0.3) is 11.0 Å². The Hall–Kier alpha value is -1.38. The number of para-hydroxylation sites is 1. The van der Waals surface area contributed by atoms with Gasteiger partial charge in [-0.05, 0) is 26.0 Å². The van der Waals surface area contributed by atoms with Crippen molar-refractivity contribution in [1.29, 1.82) is 0 Å². The number of hydrogen-bond donors (Lipinski definition) is 0. The molecule has 0 atom stereocenters. The van der Waals surface area contributed by atoms with E-state index in [1.807, 2.05) is 28.9 Å². The molecule has 1 heterocycles. The van der Waals surface area contributed by atoms with Crippen LogP contribution in [0.1, 0.15) is 27.3 Å². The van der Waals surface area contributed by atoms with Crippen LogP contribution >= 0.6 is 0 Å². The third-order valence-electron chi connectivity index (χ3n) is 1.87. The minimum atomic E-state index is 0. The highest BCUT2D eigenvalue weighted by Crippen LogP contribution is 2.13. The quantitative estimate of drug-likeness (QED) is 0.670. The Morgan fingerprint density at radius 2 is 1.92 bits per heavy atom. The van der Waals surface area contributed by atoms with E-state index in [1.54, 1.807) is 0 Å². The van der Waals surface area contributed by atoms with Gasteiger partial charge in [0.05, 0.1) is 5.52 Å². The zero-order valence-corrected chi connectivity index (χ0v) is 7.23. The van der Waals surface area contributed by atoms with Crippen LogP contribution in [0.2, 0.25) is 0 Å². The van der Waals surface area contributed by atoms with Gasteiger partial charge in [0.15, 0.2) is 0 Å². The van der Waals surface area contributed by atoms with Crippen molar-refractivity contribution >= 4 is 11.0 Å². The van der Waals surface area contributed by atoms with E-state index in [9.17, 15) is 0 Å². The van der Waals surface area contributed by atoms with Crippen molar-refractivity contribution in [3.05, 3.63) is 24.3 Å². The molecule has 0 radical (unpaired) electrons. The van der Waals surface area contributed by atoms with E-state index >= 15 is 0 Å². The predicted molar refractivity (Wildman–Crippen MR) is 54.6 cm³/mol. The van der Waals surface area contributed by atoms with Crippen molar-refractivity contribution in [2.24, 2.45) is 0 Å². The summed E-state index contributed by atoms with van der Waals surface area (Å²) in [6.45, 7) is 4.20. The summed E-state index contributed by atoms with van der Waals surface area (Å²) in [5.41, 5.74) is 2.07. The van der Waals surface area contributed by atoms with Crippen LogP contribution in [0.4, 0.5) is 0 Å². The van der Waals surface area contributed by atoms with Crippen LogP contribution in [-0.4, -0.2) is 15.0 Å². The van der Waals surface area contributed by atoms with E-state index < -0.39 is 0 Å². The van der Waals surface area contributed by atoms with Gasteiger partial charge in [0.1, 0.15) is 5.52 Å². The second-order valence-electron chi connectivity index (χ2n) is 3.12. The number of aromatic nitrogens is 3. The Bertz CT molecular complexity index is 390. The summed E-state index contributed by atoms with van der Waals surface area (Å²) >= 11 is 0. The van der Waals surface area contributed by atoms with E-state index in [0.29, 0.717) is 6.04 Å². The molecule has 13 heavy (non-hydrogen) atoms. The molecule has 0 aliphatic heterocycles. The largest absolute Gasteiger partial charge is 0.242 e. The molecule has 1 aromatic heterocycles. The average molecular weight is 177 g/mol. The molecule has 0 fully saturated rings. The number of hydrogen-bond acceptors (Lipinski definition) is 2. The lowest BCUT2D eigenvalue weighted by molar-refractivity contribution is 0.530. The van der Waals surface area contributed by atoms with Gasteiger partial charge in [-0.15, -0.1) is 5.10 Å². The Morgan fingerprint density at radius 3 is 2.62 bits per heavy atom. The van der Waals surface area contributed by atoms with Crippen LogP contribution in [-0.2, 0) is 0 Å². The Kier molecular flexibility index (Phi) is 2.66. The molecule has 3 nitrogen and oxygen atoms in total. The third kappa shape index (κ3) is 1.54. The second kappa shape index (κ2) is 3.56. The molecule has 0 bridgehead atoms. The van der Waals surface area contributed by atoms with Crippen molar-refractivity contribution in [1.82, 2.24) is 15.0 Å². The topological polar surface area (TPSA) is 30.7 Å².